The molecule has 0 aromatic heterocycles. The number of likely N-dealkylation sites (N-methyl/N-ethyl adjacent to an activating group) is 1. The Morgan fingerprint density at radius 1 is 1.19 bits per heavy atom. The third-order valence-corrected chi connectivity index (χ3v) is 5.93. The number of benzene rings is 1. The predicted octanol–water partition coefficient (Wildman–Crippen LogP) is 1.41. The number of sulfonamides is 1. The van der Waals surface area contributed by atoms with E-state index in [1.54, 1.807) is 28.6 Å². The van der Waals surface area contributed by atoms with Crippen molar-refractivity contribution in [2.45, 2.75) is 31.7 Å². The van der Waals surface area contributed by atoms with E-state index in [0.717, 1.165) is 0 Å². The summed E-state index contributed by atoms with van der Waals surface area (Å²) in [7, 11) is -1.29. The van der Waals surface area contributed by atoms with Crippen molar-refractivity contribution in [3.63, 3.8) is 0 Å². The Morgan fingerprint density at radius 2 is 1.71 bits per heavy atom. The van der Waals surface area contributed by atoms with E-state index in [4.69, 9.17) is 5.26 Å². The Balaban J connectivity index is 2.13. The maximum atomic E-state index is 12.5. The second-order valence-corrected chi connectivity index (χ2v) is 7.71. The Hall–Kier alpha value is -1.42. The molecule has 0 radical (unpaired) electrons. The summed E-state index contributed by atoms with van der Waals surface area (Å²) in [6.07, 6.45) is 0. The van der Waals surface area contributed by atoms with Gasteiger partial charge in [0, 0.05) is 25.2 Å². The van der Waals surface area contributed by atoms with Crippen LogP contribution in [-0.2, 0) is 15.8 Å². The van der Waals surface area contributed by atoms with E-state index < -0.39 is 10.0 Å². The summed E-state index contributed by atoms with van der Waals surface area (Å²) in [5.74, 6) is -0.0120. The normalized spacial score (nSPS) is 24.7. The van der Waals surface area contributed by atoms with Crippen LogP contribution in [0.15, 0.2) is 24.3 Å². The van der Waals surface area contributed by atoms with Crippen molar-refractivity contribution >= 4 is 10.0 Å². The van der Waals surface area contributed by atoms with Gasteiger partial charge in [0.15, 0.2) is 0 Å². The highest BCUT2D eigenvalue weighted by Gasteiger charge is 2.33. The van der Waals surface area contributed by atoms with Gasteiger partial charge in [-0.1, -0.05) is 12.1 Å². The third kappa shape index (κ3) is 3.62. The molecule has 2 unspecified atom stereocenters. The van der Waals surface area contributed by atoms with Crippen LogP contribution in [-0.4, -0.2) is 49.8 Å². The smallest absolute Gasteiger partial charge is 0.218 e. The highest BCUT2D eigenvalue weighted by atomic mass is 32.2. The van der Waals surface area contributed by atoms with Crippen molar-refractivity contribution in [3.8, 4) is 6.07 Å². The maximum absolute atomic E-state index is 12.5. The number of piperazine rings is 1. The van der Waals surface area contributed by atoms with Crippen LogP contribution in [0.2, 0.25) is 0 Å². The van der Waals surface area contributed by atoms with Crippen molar-refractivity contribution in [1.82, 2.24) is 9.21 Å². The number of rotatable bonds is 3. The SMILES string of the molecule is CC1CN(S(=O)(=O)Cc2ccc(C#N)cc2)CC(C)N1C. The van der Waals surface area contributed by atoms with Gasteiger partial charge in [0.2, 0.25) is 10.0 Å². The van der Waals surface area contributed by atoms with E-state index >= 15 is 0 Å². The Bertz CT molecular complexity index is 622. The first-order valence-corrected chi connectivity index (χ1v) is 8.63. The Labute approximate surface area is 126 Å². The summed E-state index contributed by atoms with van der Waals surface area (Å²) in [6.45, 7) is 5.14. The van der Waals surface area contributed by atoms with Gasteiger partial charge in [-0.15, -0.1) is 0 Å². The van der Waals surface area contributed by atoms with E-state index in [2.05, 4.69) is 4.90 Å². The van der Waals surface area contributed by atoms with Crippen LogP contribution in [0, 0.1) is 11.3 Å². The van der Waals surface area contributed by atoms with Crippen LogP contribution in [0.1, 0.15) is 25.0 Å². The molecule has 0 spiro atoms. The molecular weight excluding hydrogens is 286 g/mol. The van der Waals surface area contributed by atoms with Gasteiger partial charge < -0.3 is 0 Å². The first kappa shape index (κ1) is 16.0. The fourth-order valence-electron chi connectivity index (χ4n) is 2.56. The minimum Gasteiger partial charge on any atom is -0.298 e. The van der Waals surface area contributed by atoms with Gasteiger partial charge in [-0.25, -0.2) is 8.42 Å². The second kappa shape index (κ2) is 6.14. The monoisotopic (exact) mass is 307 g/mol. The molecular formula is C15H21N3O2S. The van der Waals surface area contributed by atoms with Crippen LogP contribution >= 0.6 is 0 Å². The molecule has 2 atom stereocenters. The zero-order valence-corrected chi connectivity index (χ0v) is 13.5. The fraction of sp³-hybridized carbons (Fsp3) is 0.533. The van der Waals surface area contributed by atoms with E-state index in [1.807, 2.05) is 27.0 Å². The quantitative estimate of drug-likeness (QED) is 0.847. The molecule has 21 heavy (non-hydrogen) atoms. The third-order valence-electron chi connectivity index (χ3n) is 4.15. The maximum Gasteiger partial charge on any atom is 0.218 e. The Kier molecular flexibility index (Phi) is 4.67. The molecule has 0 aliphatic carbocycles. The van der Waals surface area contributed by atoms with Gasteiger partial charge in [0.05, 0.1) is 17.4 Å². The second-order valence-electron chi connectivity index (χ2n) is 5.75. The van der Waals surface area contributed by atoms with Gasteiger partial charge in [-0.05, 0) is 38.6 Å². The number of hydrogen-bond donors (Lipinski definition) is 0. The van der Waals surface area contributed by atoms with Crippen molar-refractivity contribution in [1.29, 1.82) is 5.26 Å². The van der Waals surface area contributed by atoms with Gasteiger partial charge in [-0.2, -0.15) is 9.57 Å². The summed E-state index contributed by atoms with van der Waals surface area (Å²) in [5, 5.41) is 8.77. The van der Waals surface area contributed by atoms with E-state index in [9.17, 15) is 8.42 Å². The molecule has 1 aliphatic rings. The van der Waals surface area contributed by atoms with Crippen molar-refractivity contribution in [2.24, 2.45) is 0 Å². The van der Waals surface area contributed by atoms with Gasteiger partial charge in [0.1, 0.15) is 0 Å². The molecule has 0 saturated carbocycles. The number of nitriles is 1. The molecule has 0 bridgehead atoms. The molecule has 114 valence electrons. The lowest BCUT2D eigenvalue weighted by molar-refractivity contribution is 0.105. The Morgan fingerprint density at radius 3 is 2.19 bits per heavy atom. The van der Waals surface area contributed by atoms with Crippen LogP contribution in [0.4, 0.5) is 0 Å². The molecule has 0 N–H and O–H groups in total. The zero-order valence-electron chi connectivity index (χ0n) is 12.7. The molecule has 1 heterocycles. The molecule has 1 aliphatic heterocycles. The standard InChI is InChI=1S/C15H21N3O2S/c1-12-9-18(10-13(2)17(12)3)21(19,20)11-15-6-4-14(8-16)5-7-15/h4-7,12-13H,9-11H2,1-3H3. The molecule has 2 rings (SSSR count). The first-order valence-electron chi connectivity index (χ1n) is 7.02. The van der Waals surface area contributed by atoms with Gasteiger partial charge >= 0.3 is 0 Å². The van der Waals surface area contributed by atoms with Crippen molar-refractivity contribution in [3.05, 3.63) is 35.4 Å². The van der Waals surface area contributed by atoms with E-state index in [0.29, 0.717) is 24.2 Å². The average Bonchev–Trinajstić information content (AvgIpc) is 2.44. The van der Waals surface area contributed by atoms with Crippen molar-refractivity contribution < 1.29 is 8.42 Å². The molecule has 1 aromatic carbocycles. The fourth-order valence-corrected chi connectivity index (χ4v) is 4.24. The first-order chi connectivity index (χ1) is 9.83. The molecule has 6 heteroatoms. The zero-order chi connectivity index (χ0) is 15.6. The lowest BCUT2D eigenvalue weighted by Crippen LogP contribution is -2.56. The van der Waals surface area contributed by atoms with Crippen LogP contribution < -0.4 is 0 Å². The average molecular weight is 307 g/mol. The largest absolute Gasteiger partial charge is 0.298 e. The lowest BCUT2D eigenvalue weighted by atomic mass is 10.1. The summed E-state index contributed by atoms with van der Waals surface area (Å²) in [6, 6.07) is 9.18. The summed E-state index contributed by atoms with van der Waals surface area (Å²) < 4.78 is 26.7. The van der Waals surface area contributed by atoms with E-state index in [1.165, 1.54) is 0 Å². The van der Waals surface area contributed by atoms with Gasteiger partial charge in [-0.3, -0.25) is 4.90 Å². The molecule has 0 amide bonds. The minimum atomic E-state index is -3.32. The highest BCUT2D eigenvalue weighted by Crippen LogP contribution is 2.19. The van der Waals surface area contributed by atoms with Crippen molar-refractivity contribution in [2.75, 3.05) is 20.1 Å². The summed E-state index contributed by atoms with van der Waals surface area (Å²) in [5.41, 5.74) is 1.26. The lowest BCUT2D eigenvalue weighted by Gasteiger charge is -2.41. The van der Waals surface area contributed by atoms with Crippen LogP contribution in [0.5, 0.6) is 0 Å². The topological polar surface area (TPSA) is 64.4 Å². The highest BCUT2D eigenvalue weighted by molar-refractivity contribution is 7.88. The predicted molar refractivity (Wildman–Crippen MR) is 82.0 cm³/mol. The van der Waals surface area contributed by atoms with Crippen LogP contribution in [0.25, 0.3) is 0 Å². The molecule has 5 nitrogen and oxygen atoms in total. The molecule has 1 saturated heterocycles. The molecule has 1 aromatic rings. The summed E-state index contributed by atoms with van der Waals surface area (Å²) >= 11 is 0. The molecule has 1 fully saturated rings. The minimum absolute atomic E-state index is 0.0120. The number of nitrogens with zero attached hydrogens (tertiary/aromatic N) is 3. The summed E-state index contributed by atoms with van der Waals surface area (Å²) in [4.78, 5) is 2.20. The number of hydrogen-bond acceptors (Lipinski definition) is 4. The van der Waals surface area contributed by atoms with Gasteiger partial charge in [0.25, 0.3) is 0 Å². The van der Waals surface area contributed by atoms with Crippen LogP contribution in [0.3, 0.4) is 0 Å². The van der Waals surface area contributed by atoms with E-state index in [-0.39, 0.29) is 17.8 Å².